The van der Waals surface area contributed by atoms with Crippen molar-refractivity contribution in [1.29, 1.82) is 0 Å². The molecule has 0 saturated carbocycles. The van der Waals surface area contributed by atoms with Crippen LogP contribution in [-0.2, 0) is 16.0 Å². The van der Waals surface area contributed by atoms with Crippen LogP contribution in [-0.4, -0.2) is 23.4 Å². The molecule has 17 heavy (non-hydrogen) atoms. The second-order valence-electron chi connectivity index (χ2n) is 4.10. The van der Waals surface area contributed by atoms with Crippen molar-refractivity contribution in [2.24, 2.45) is 0 Å². The van der Waals surface area contributed by atoms with E-state index in [0.29, 0.717) is 12.8 Å². The van der Waals surface area contributed by atoms with Gasteiger partial charge in [-0.3, -0.25) is 14.5 Å². The molecule has 1 saturated heterocycles. The minimum atomic E-state index is -0.0901. The third-order valence-electron chi connectivity index (χ3n) is 2.96. The lowest BCUT2D eigenvalue weighted by Gasteiger charge is -2.15. The van der Waals surface area contributed by atoms with E-state index in [4.69, 9.17) is 0 Å². The molecule has 1 aliphatic rings. The first-order valence-corrected chi connectivity index (χ1v) is 5.86. The number of hydrogen-bond acceptors (Lipinski definition) is 3. The van der Waals surface area contributed by atoms with Gasteiger partial charge in [0.15, 0.2) is 0 Å². The van der Waals surface area contributed by atoms with Crippen LogP contribution in [0.3, 0.4) is 0 Å². The average molecular weight is 232 g/mol. The van der Waals surface area contributed by atoms with Gasteiger partial charge >= 0.3 is 0 Å². The number of nitrogens with one attached hydrogen (secondary N) is 1. The van der Waals surface area contributed by atoms with Crippen molar-refractivity contribution in [3.63, 3.8) is 0 Å². The number of aryl methyl sites for hydroxylation is 1. The van der Waals surface area contributed by atoms with Crippen molar-refractivity contribution in [1.82, 2.24) is 4.90 Å². The van der Waals surface area contributed by atoms with Crippen molar-refractivity contribution in [3.8, 4) is 0 Å². The highest BCUT2D eigenvalue weighted by Crippen LogP contribution is 2.13. The Morgan fingerprint density at radius 3 is 2.24 bits per heavy atom. The number of imide groups is 1. The van der Waals surface area contributed by atoms with E-state index in [1.165, 1.54) is 10.5 Å². The molecular weight excluding hydrogens is 216 g/mol. The first-order chi connectivity index (χ1) is 8.20. The quantitative estimate of drug-likeness (QED) is 0.805. The highest BCUT2D eigenvalue weighted by atomic mass is 16.2. The normalized spacial score (nSPS) is 15.5. The Morgan fingerprint density at radius 1 is 1.12 bits per heavy atom. The number of anilines is 1. The molecule has 1 aromatic rings. The molecule has 1 aliphatic heterocycles. The molecule has 4 nitrogen and oxygen atoms in total. The van der Waals surface area contributed by atoms with Gasteiger partial charge in [0, 0.05) is 18.5 Å². The summed E-state index contributed by atoms with van der Waals surface area (Å²) in [6.45, 7) is 2.37. The van der Waals surface area contributed by atoms with E-state index in [-0.39, 0.29) is 18.5 Å². The largest absolute Gasteiger partial charge is 0.367 e. The first kappa shape index (κ1) is 11.6. The van der Waals surface area contributed by atoms with Gasteiger partial charge in [0.2, 0.25) is 11.8 Å². The van der Waals surface area contributed by atoms with Gasteiger partial charge in [-0.05, 0) is 24.1 Å². The molecule has 1 heterocycles. The number of benzene rings is 1. The Hall–Kier alpha value is -1.84. The molecule has 0 atom stereocenters. The lowest BCUT2D eigenvalue weighted by atomic mass is 10.1. The molecule has 2 amide bonds. The number of rotatable bonds is 4. The monoisotopic (exact) mass is 232 g/mol. The van der Waals surface area contributed by atoms with Gasteiger partial charge < -0.3 is 5.32 Å². The van der Waals surface area contributed by atoms with E-state index in [1.807, 2.05) is 24.3 Å². The van der Waals surface area contributed by atoms with Crippen molar-refractivity contribution < 1.29 is 9.59 Å². The third kappa shape index (κ3) is 2.64. The molecule has 1 fully saturated rings. The van der Waals surface area contributed by atoms with Gasteiger partial charge in [-0.15, -0.1) is 0 Å². The van der Waals surface area contributed by atoms with Crippen molar-refractivity contribution >= 4 is 17.5 Å². The summed E-state index contributed by atoms with van der Waals surface area (Å²) < 4.78 is 0. The Bertz CT molecular complexity index is 410. The third-order valence-corrected chi connectivity index (χ3v) is 2.96. The minimum absolute atomic E-state index is 0.0901. The van der Waals surface area contributed by atoms with Gasteiger partial charge in [-0.25, -0.2) is 0 Å². The predicted octanol–water partition coefficient (Wildman–Crippen LogP) is 1.77. The summed E-state index contributed by atoms with van der Waals surface area (Å²) in [5.41, 5.74) is 2.19. The average Bonchev–Trinajstić information content (AvgIpc) is 2.67. The van der Waals surface area contributed by atoms with Crippen molar-refractivity contribution in [3.05, 3.63) is 29.8 Å². The molecule has 0 aromatic heterocycles. The SMILES string of the molecule is CCc1ccc(NCN2C(=O)CCC2=O)cc1. The maximum absolute atomic E-state index is 11.4. The van der Waals surface area contributed by atoms with Crippen molar-refractivity contribution in [2.75, 3.05) is 12.0 Å². The van der Waals surface area contributed by atoms with Gasteiger partial charge in [0.1, 0.15) is 0 Å². The van der Waals surface area contributed by atoms with Crippen LogP contribution in [0.4, 0.5) is 5.69 Å². The summed E-state index contributed by atoms with van der Waals surface area (Å²) in [6, 6.07) is 8.00. The molecular formula is C13H16N2O2. The standard InChI is InChI=1S/C13H16N2O2/c1-2-10-3-5-11(6-4-10)14-9-15-12(16)7-8-13(15)17/h3-6,14H,2,7-9H2,1H3. The van der Waals surface area contributed by atoms with Crippen LogP contribution in [0, 0.1) is 0 Å². The molecule has 90 valence electrons. The first-order valence-electron chi connectivity index (χ1n) is 5.86. The second kappa shape index (κ2) is 4.99. The van der Waals surface area contributed by atoms with Crippen LogP contribution >= 0.6 is 0 Å². The predicted molar refractivity (Wildman–Crippen MR) is 65.4 cm³/mol. The summed E-state index contributed by atoms with van der Waals surface area (Å²) >= 11 is 0. The fourth-order valence-electron chi connectivity index (χ4n) is 1.83. The maximum Gasteiger partial charge on any atom is 0.231 e. The highest BCUT2D eigenvalue weighted by Gasteiger charge is 2.28. The van der Waals surface area contributed by atoms with Crippen LogP contribution < -0.4 is 5.32 Å². The fourth-order valence-corrected chi connectivity index (χ4v) is 1.83. The minimum Gasteiger partial charge on any atom is -0.367 e. The summed E-state index contributed by atoms with van der Waals surface area (Å²) in [7, 11) is 0. The molecule has 0 bridgehead atoms. The van der Waals surface area contributed by atoms with Crippen LogP contribution in [0.15, 0.2) is 24.3 Å². The molecule has 0 aliphatic carbocycles. The maximum atomic E-state index is 11.4. The molecule has 4 heteroatoms. The Labute approximate surface area is 101 Å². The van der Waals surface area contributed by atoms with E-state index in [1.54, 1.807) is 0 Å². The fraction of sp³-hybridized carbons (Fsp3) is 0.385. The van der Waals surface area contributed by atoms with E-state index >= 15 is 0 Å². The Balaban J connectivity index is 1.93. The second-order valence-corrected chi connectivity index (χ2v) is 4.10. The summed E-state index contributed by atoms with van der Waals surface area (Å²) in [6.07, 6.45) is 1.69. The van der Waals surface area contributed by atoms with Gasteiger partial charge in [0.25, 0.3) is 0 Å². The number of amides is 2. The zero-order valence-electron chi connectivity index (χ0n) is 9.90. The number of likely N-dealkylation sites (tertiary alicyclic amines) is 1. The lowest BCUT2D eigenvalue weighted by molar-refractivity contribution is -0.137. The zero-order chi connectivity index (χ0) is 12.3. The summed E-state index contributed by atoms with van der Waals surface area (Å²) in [5.74, 6) is -0.180. The molecule has 0 radical (unpaired) electrons. The number of hydrogen-bond donors (Lipinski definition) is 1. The van der Waals surface area contributed by atoms with Crippen LogP contribution in [0.25, 0.3) is 0 Å². The van der Waals surface area contributed by atoms with Crippen LogP contribution in [0.1, 0.15) is 25.3 Å². The smallest absolute Gasteiger partial charge is 0.231 e. The molecule has 0 spiro atoms. The highest BCUT2D eigenvalue weighted by molar-refractivity contribution is 6.02. The van der Waals surface area contributed by atoms with E-state index in [2.05, 4.69) is 12.2 Å². The summed E-state index contributed by atoms with van der Waals surface area (Å²) in [4.78, 5) is 24.0. The zero-order valence-corrected chi connectivity index (χ0v) is 9.90. The summed E-state index contributed by atoms with van der Waals surface area (Å²) in [5, 5.41) is 3.08. The van der Waals surface area contributed by atoms with Gasteiger partial charge in [-0.1, -0.05) is 19.1 Å². The van der Waals surface area contributed by atoms with Crippen LogP contribution in [0.2, 0.25) is 0 Å². The molecule has 1 N–H and O–H groups in total. The molecule has 2 rings (SSSR count). The van der Waals surface area contributed by atoms with Gasteiger partial charge in [0.05, 0.1) is 6.67 Å². The van der Waals surface area contributed by atoms with Gasteiger partial charge in [-0.2, -0.15) is 0 Å². The Morgan fingerprint density at radius 2 is 1.71 bits per heavy atom. The molecule has 0 unspecified atom stereocenters. The van der Waals surface area contributed by atoms with Crippen molar-refractivity contribution in [2.45, 2.75) is 26.2 Å². The topological polar surface area (TPSA) is 49.4 Å². The lowest BCUT2D eigenvalue weighted by Crippen LogP contribution is -2.33. The number of carbonyl (C=O) groups excluding carboxylic acids is 2. The van der Waals surface area contributed by atoms with E-state index in [0.717, 1.165) is 12.1 Å². The Kier molecular flexibility index (Phi) is 3.42. The van der Waals surface area contributed by atoms with E-state index < -0.39 is 0 Å². The molecule has 1 aromatic carbocycles. The number of carbonyl (C=O) groups is 2. The number of nitrogens with zero attached hydrogens (tertiary/aromatic N) is 1. The van der Waals surface area contributed by atoms with Crippen LogP contribution in [0.5, 0.6) is 0 Å². The van der Waals surface area contributed by atoms with E-state index in [9.17, 15) is 9.59 Å².